The molecule has 0 aliphatic carbocycles. The van der Waals surface area contributed by atoms with E-state index in [1.165, 1.54) is 5.56 Å². The number of oxazole rings is 1. The third-order valence-electron chi connectivity index (χ3n) is 2.29. The average molecular weight is 203 g/mol. The molecule has 0 aliphatic heterocycles. The Hall–Kier alpha value is -1.77. The summed E-state index contributed by atoms with van der Waals surface area (Å²) in [5, 5.41) is 0. The van der Waals surface area contributed by atoms with Crippen LogP contribution in [0.2, 0.25) is 0 Å². The predicted molar refractivity (Wildman–Crippen MR) is 57.9 cm³/mol. The Kier molecular flexibility index (Phi) is 2.72. The van der Waals surface area contributed by atoms with Crippen LogP contribution in [0.25, 0.3) is 11.5 Å². The molecule has 0 amide bonds. The molecule has 0 saturated heterocycles. The molecule has 0 atom stereocenters. The van der Waals surface area contributed by atoms with Gasteiger partial charge >= 0.3 is 5.95 Å². The van der Waals surface area contributed by atoms with Gasteiger partial charge in [0.15, 0.2) is 0 Å². The van der Waals surface area contributed by atoms with Gasteiger partial charge in [-0.05, 0) is 24.1 Å². The van der Waals surface area contributed by atoms with Gasteiger partial charge in [0, 0.05) is 5.56 Å². The molecule has 3 nitrogen and oxygen atoms in total. The van der Waals surface area contributed by atoms with Crippen LogP contribution in [0.5, 0.6) is 5.95 Å². The minimum atomic E-state index is 0.435. The normalized spacial score (nSPS) is 10.3. The smallest absolute Gasteiger partial charge is 0.305 e. The van der Waals surface area contributed by atoms with Crippen LogP contribution >= 0.6 is 0 Å². The Balaban J connectivity index is 2.28. The highest BCUT2D eigenvalue weighted by Gasteiger charge is 2.05. The number of hydrogen-bond donors (Lipinski definition) is 0. The van der Waals surface area contributed by atoms with Crippen molar-refractivity contribution in [2.75, 3.05) is 7.11 Å². The molecule has 0 spiro atoms. The van der Waals surface area contributed by atoms with Gasteiger partial charge in [0.1, 0.15) is 6.20 Å². The average Bonchev–Trinajstić information content (AvgIpc) is 2.78. The summed E-state index contributed by atoms with van der Waals surface area (Å²) in [7, 11) is 1.56. The Bertz CT molecular complexity index is 431. The zero-order chi connectivity index (χ0) is 10.7. The number of ether oxygens (including phenoxy) is 1. The molecule has 0 aliphatic rings. The van der Waals surface area contributed by atoms with Crippen molar-refractivity contribution in [1.82, 2.24) is 4.98 Å². The van der Waals surface area contributed by atoms with E-state index >= 15 is 0 Å². The van der Waals surface area contributed by atoms with Crippen molar-refractivity contribution < 1.29 is 9.15 Å². The first-order valence-electron chi connectivity index (χ1n) is 4.92. The van der Waals surface area contributed by atoms with Gasteiger partial charge in [-0.3, -0.25) is 0 Å². The third kappa shape index (κ3) is 2.01. The van der Waals surface area contributed by atoms with Crippen LogP contribution in [0.4, 0.5) is 0 Å². The van der Waals surface area contributed by atoms with Gasteiger partial charge in [-0.2, -0.15) is 0 Å². The molecule has 1 aromatic heterocycles. The number of nitrogens with zero attached hydrogens (tertiary/aromatic N) is 1. The van der Waals surface area contributed by atoms with Crippen molar-refractivity contribution >= 4 is 0 Å². The molecular weight excluding hydrogens is 190 g/mol. The van der Waals surface area contributed by atoms with Crippen LogP contribution in [0, 0.1) is 0 Å². The first-order valence-corrected chi connectivity index (χ1v) is 4.92. The molecule has 0 unspecified atom stereocenters. The highest BCUT2D eigenvalue weighted by atomic mass is 16.6. The summed E-state index contributed by atoms with van der Waals surface area (Å²) in [4.78, 5) is 4.12. The zero-order valence-corrected chi connectivity index (χ0v) is 8.86. The van der Waals surface area contributed by atoms with Gasteiger partial charge in [-0.15, -0.1) is 0 Å². The fraction of sp³-hybridized carbons (Fsp3) is 0.250. The van der Waals surface area contributed by atoms with E-state index in [0.29, 0.717) is 11.8 Å². The molecule has 0 N–H and O–H groups in total. The lowest BCUT2D eigenvalue weighted by molar-refractivity contribution is 0.309. The second-order valence-electron chi connectivity index (χ2n) is 3.24. The van der Waals surface area contributed by atoms with Crippen LogP contribution in [0.3, 0.4) is 0 Å². The van der Waals surface area contributed by atoms with Gasteiger partial charge in [0.25, 0.3) is 0 Å². The summed E-state index contributed by atoms with van der Waals surface area (Å²) in [6, 6.07) is 8.16. The molecule has 0 radical (unpaired) electrons. The van der Waals surface area contributed by atoms with E-state index in [1.54, 1.807) is 13.3 Å². The molecule has 2 aromatic rings. The van der Waals surface area contributed by atoms with Crippen molar-refractivity contribution in [2.45, 2.75) is 13.3 Å². The highest BCUT2D eigenvalue weighted by Crippen LogP contribution is 2.22. The maximum absolute atomic E-state index is 5.36. The summed E-state index contributed by atoms with van der Waals surface area (Å²) >= 11 is 0. The zero-order valence-electron chi connectivity index (χ0n) is 8.86. The van der Waals surface area contributed by atoms with Gasteiger partial charge in [-0.1, -0.05) is 19.1 Å². The number of rotatable bonds is 3. The lowest BCUT2D eigenvalue weighted by Gasteiger charge is -1.98. The fourth-order valence-electron chi connectivity index (χ4n) is 1.37. The summed E-state index contributed by atoms with van der Waals surface area (Å²) in [5.41, 5.74) is 2.27. The standard InChI is InChI=1S/C12H13NO2/c1-3-9-4-6-10(7-5-9)12-13-8-11(14-2)15-12/h4-8H,3H2,1-2H3. The molecule has 78 valence electrons. The maximum atomic E-state index is 5.36. The second kappa shape index (κ2) is 4.17. The van der Waals surface area contributed by atoms with Gasteiger partial charge < -0.3 is 9.15 Å². The number of aryl methyl sites for hydroxylation is 1. The van der Waals surface area contributed by atoms with Crippen molar-refractivity contribution in [3.8, 4) is 17.4 Å². The molecule has 0 bridgehead atoms. The Labute approximate surface area is 88.7 Å². The number of hydrogen-bond acceptors (Lipinski definition) is 3. The first-order chi connectivity index (χ1) is 7.33. The molecule has 0 saturated carbocycles. The molecule has 0 fully saturated rings. The third-order valence-corrected chi connectivity index (χ3v) is 2.29. The van der Waals surface area contributed by atoms with Crippen molar-refractivity contribution in [3.05, 3.63) is 36.0 Å². The van der Waals surface area contributed by atoms with E-state index in [0.717, 1.165) is 12.0 Å². The molecule has 2 rings (SSSR count). The van der Waals surface area contributed by atoms with E-state index in [2.05, 4.69) is 24.0 Å². The topological polar surface area (TPSA) is 35.3 Å². The Morgan fingerprint density at radius 2 is 2.00 bits per heavy atom. The molecule has 1 aromatic carbocycles. The summed E-state index contributed by atoms with van der Waals surface area (Å²) < 4.78 is 10.3. The van der Waals surface area contributed by atoms with Crippen LogP contribution in [-0.4, -0.2) is 12.1 Å². The van der Waals surface area contributed by atoms with Crippen LogP contribution in [0.15, 0.2) is 34.9 Å². The first kappa shape index (κ1) is 9.77. The summed E-state index contributed by atoms with van der Waals surface area (Å²) in [6.07, 6.45) is 2.61. The van der Waals surface area contributed by atoms with Crippen LogP contribution in [-0.2, 0) is 6.42 Å². The molecule has 1 heterocycles. The van der Waals surface area contributed by atoms with Gasteiger partial charge in [-0.25, -0.2) is 4.98 Å². The lowest BCUT2D eigenvalue weighted by atomic mass is 10.1. The van der Waals surface area contributed by atoms with Crippen molar-refractivity contribution in [3.63, 3.8) is 0 Å². The van der Waals surface area contributed by atoms with E-state index < -0.39 is 0 Å². The van der Waals surface area contributed by atoms with E-state index in [-0.39, 0.29) is 0 Å². The molecule has 3 heteroatoms. The van der Waals surface area contributed by atoms with Gasteiger partial charge in [0.2, 0.25) is 5.89 Å². The molecule has 15 heavy (non-hydrogen) atoms. The second-order valence-corrected chi connectivity index (χ2v) is 3.24. The van der Waals surface area contributed by atoms with E-state index in [9.17, 15) is 0 Å². The summed E-state index contributed by atoms with van der Waals surface area (Å²) in [5.74, 6) is 1.03. The molecular formula is C12H13NO2. The highest BCUT2D eigenvalue weighted by molar-refractivity contribution is 5.53. The number of benzene rings is 1. The predicted octanol–water partition coefficient (Wildman–Crippen LogP) is 2.91. The van der Waals surface area contributed by atoms with Gasteiger partial charge in [0.05, 0.1) is 7.11 Å². The largest absolute Gasteiger partial charge is 0.467 e. The van der Waals surface area contributed by atoms with Crippen molar-refractivity contribution in [1.29, 1.82) is 0 Å². The van der Waals surface area contributed by atoms with Crippen LogP contribution in [0.1, 0.15) is 12.5 Å². The lowest BCUT2D eigenvalue weighted by Crippen LogP contribution is -1.81. The summed E-state index contributed by atoms with van der Waals surface area (Å²) in [6.45, 7) is 2.13. The number of aromatic nitrogens is 1. The quantitative estimate of drug-likeness (QED) is 0.769. The van der Waals surface area contributed by atoms with E-state index in [4.69, 9.17) is 9.15 Å². The van der Waals surface area contributed by atoms with Crippen molar-refractivity contribution in [2.24, 2.45) is 0 Å². The Morgan fingerprint density at radius 3 is 2.53 bits per heavy atom. The monoisotopic (exact) mass is 203 g/mol. The SMILES string of the molecule is CCc1ccc(-c2ncc(OC)o2)cc1. The fourth-order valence-corrected chi connectivity index (χ4v) is 1.37. The Morgan fingerprint density at radius 1 is 1.27 bits per heavy atom. The maximum Gasteiger partial charge on any atom is 0.305 e. The minimum Gasteiger partial charge on any atom is -0.467 e. The van der Waals surface area contributed by atoms with Crippen LogP contribution < -0.4 is 4.74 Å². The van der Waals surface area contributed by atoms with E-state index in [1.807, 2.05) is 12.1 Å². The minimum absolute atomic E-state index is 0.435. The number of methoxy groups -OCH3 is 1.